The number of hydrogen-bond donors (Lipinski definition) is 1. The van der Waals surface area contributed by atoms with Gasteiger partial charge in [0, 0.05) is 24.8 Å². The molecule has 2 rings (SSSR count). The smallest absolute Gasteiger partial charge is 0.250 e. The van der Waals surface area contributed by atoms with Gasteiger partial charge in [0.1, 0.15) is 6.61 Å². The Kier molecular flexibility index (Phi) is 5.54. The molecule has 0 atom stereocenters. The molecule has 1 aromatic rings. The summed E-state index contributed by atoms with van der Waals surface area (Å²) in [4.78, 5) is 6.32. The van der Waals surface area contributed by atoms with Gasteiger partial charge in [-0.2, -0.15) is 0 Å². The lowest BCUT2D eigenvalue weighted by molar-refractivity contribution is 0.177. The Labute approximate surface area is 114 Å². The van der Waals surface area contributed by atoms with Crippen molar-refractivity contribution in [3.8, 4) is 5.88 Å². The van der Waals surface area contributed by atoms with Gasteiger partial charge in [0.15, 0.2) is 5.82 Å². The summed E-state index contributed by atoms with van der Waals surface area (Å²) in [7, 11) is 1.79. The zero-order valence-electron chi connectivity index (χ0n) is 11.5. The molecule has 106 valence electrons. The first kappa shape index (κ1) is 14.2. The Bertz CT molecular complexity index is 394. The molecule has 1 fully saturated rings. The third-order valence-corrected chi connectivity index (χ3v) is 3.40. The number of likely N-dealkylation sites (tertiary alicyclic amines) is 1. The van der Waals surface area contributed by atoms with Crippen molar-refractivity contribution in [1.29, 1.82) is 0 Å². The van der Waals surface area contributed by atoms with Crippen molar-refractivity contribution in [3.05, 3.63) is 23.6 Å². The molecule has 0 radical (unpaired) electrons. The van der Waals surface area contributed by atoms with Gasteiger partial charge in [-0.15, -0.1) is 0 Å². The van der Waals surface area contributed by atoms with E-state index in [1.165, 1.54) is 19.3 Å². The molecule has 0 aromatic carbocycles. The molecule has 0 spiro atoms. The number of aromatic nitrogens is 1. The van der Waals surface area contributed by atoms with E-state index in [0.717, 1.165) is 19.6 Å². The summed E-state index contributed by atoms with van der Waals surface area (Å²) in [5.74, 6) is -0.236. The Morgan fingerprint density at radius 1 is 1.37 bits per heavy atom. The number of pyridine rings is 1. The second-order valence-corrected chi connectivity index (χ2v) is 4.87. The highest BCUT2D eigenvalue weighted by atomic mass is 19.1. The lowest BCUT2D eigenvalue weighted by Gasteiger charge is -2.26. The van der Waals surface area contributed by atoms with E-state index in [1.54, 1.807) is 19.3 Å². The van der Waals surface area contributed by atoms with Gasteiger partial charge in [0.05, 0.1) is 0 Å². The third kappa shape index (κ3) is 4.14. The first-order chi connectivity index (χ1) is 9.31. The third-order valence-electron chi connectivity index (χ3n) is 3.40. The molecule has 1 saturated heterocycles. The fourth-order valence-corrected chi connectivity index (χ4v) is 2.34. The van der Waals surface area contributed by atoms with Crippen LogP contribution in [0, 0.1) is 5.82 Å². The van der Waals surface area contributed by atoms with E-state index in [0.29, 0.717) is 18.7 Å². The first-order valence-electron chi connectivity index (χ1n) is 6.94. The summed E-state index contributed by atoms with van der Waals surface area (Å²) in [5.41, 5.74) is 0.588. The summed E-state index contributed by atoms with van der Waals surface area (Å²) in [6.45, 7) is 4.07. The Morgan fingerprint density at radius 2 is 2.16 bits per heavy atom. The second kappa shape index (κ2) is 7.40. The standard InChI is InChI=1S/C14H22FN3O/c1-16-11-12-5-6-17-14(13(12)15)19-10-9-18-7-3-2-4-8-18/h5-6,16H,2-4,7-11H2,1H3. The predicted octanol–water partition coefficient (Wildman–Crippen LogP) is 1.80. The summed E-state index contributed by atoms with van der Waals surface area (Å²) in [5, 5.41) is 2.93. The van der Waals surface area contributed by atoms with Crippen LogP contribution < -0.4 is 10.1 Å². The van der Waals surface area contributed by atoms with Crippen molar-refractivity contribution < 1.29 is 9.13 Å². The van der Waals surface area contributed by atoms with Crippen molar-refractivity contribution in [2.75, 3.05) is 33.3 Å². The normalized spacial score (nSPS) is 16.5. The summed E-state index contributed by atoms with van der Waals surface area (Å²) < 4.78 is 19.5. The second-order valence-electron chi connectivity index (χ2n) is 4.87. The molecule has 4 nitrogen and oxygen atoms in total. The molecule has 2 heterocycles. The van der Waals surface area contributed by atoms with Crippen molar-refractivity contribution in [1.82, 2.24) is 15.2 Å². The minimum absolute atomic E-state index is 0.116. The van der Waals surface area contributed by atoms with Crippen LogP contribution >= 0.6 is 0 Å². The maximum absolute atomic E-state index is 14.0. The van der Waals surface area contributed by atoms with Crippen LogP contribution in [0.1, 0.15) is 24.8 Å². The highest BCUT2D eigenvalue weighted by molar-refractivity contribution is 5.23. The van der Waals surface area contributed by atoms with Gasteiger partial charge in [0.25, 0.3) is 5.88 Å². The van der Waals surface area contributed by atoms with Gasteiger partial charge in [0.2, 0.25) is 0 Å². The number of rotatable bonds is 6. The number of nitrogens with one attached hydrogen (secondary N) is 1. The van der Waals surface area contributed by atoms with Crippen molar-refractivity contribution in [3.63, 3.8) is 0 Å². The van der Waals surface area contributed by atoms with Crippen LogP contribution in [0.4, 0.5) is 4.39 Å². The fourth-order valence-electron chi connectivity index (χ4n) is 2.34. The lowest BCUT2D eigenvalue weighted by Crippen LogP contribution is -2.33. The van der Waals surface area contributed by atoms with Crippen molar-refractivity contribution in [2.45, 2.75) is 25.8 Å². The van der Waals surface area contributed by atoms with Crippen LogP contribution in [0.3, 0.4) is 0 Å². The minimum Gasteiger partial charge on any atom is -0.474 e. The van der Waals surface area contributed by atoms with Crippen LogP contribution in [0.2, 0.25) is 0 Å². The van der Waals surface area contributed by atoms with Gasteiger partial charge >= 0.3 is 0 Å². The highest BCUT2D eigenvalue weighted by Crippen LogP contribution is 2.17. The average molecular weight is 267 g/mol. The topological polar surface area (TPSA) is 37.4 Å². The molecule has 0 unspecified atom stereocenters. The van der Waals surface area contributed by atoms with E-state index in [2.05, 4.69) is 15.2 Å². The quantitative estimate of drug-likeness (QED) is 0.853. The largest absolute Gasteiger partial charge is 0.474 e. The number of halogens is 1. The Morgan fingerprint density at radius 3 is 2.89 bits per heavy atom. The van der Waals surface area contributed by atoms with E-state index < -0.39 is 0 Å². The molecule has 5 heteroatoms. The van der Waals surface area contributed by atoms with Gasteiger partial charge in [-0.1, -0.05) is 6.42 Å². The summed E-state index contributed by atoms with van der Waals surface area (Å²) in [6.07, 6.45) is 5.42. The fraction of sp³-hybridized carbons (Fsp3) is 0.643. The average Bonchev–Trinajstić information content (AvgIpc) is 2.44. The SMILES string of the molecule is CNCc1ccnc(OCCN2CCCCC2)c1F. The maximum atomic E-state index is 14.0. The van der Waals surface area contributed by atoms with Gasteiger partial charge < -0.3 is 10.1 Å². The van der Waals surface area contributed by atoms with Crippen molar-refractivity contribution >= 4 is 0 Å². The van der Waals surface area contributed by atoms with E-state index >= 15 is 0 Å². The van der Waals surface area contributed by atoms with Crippen LogP contribution in [0.15, 0.2) is 12.3 Å². The van der Waals surface area contributed by atoms with Crippen LogP contribution in [0.25, 0.3) is 0 Å². The van der Waals surface area contributed by atoms with Crippen molar-refractivity contribution in [2.24, 2.45) is 0 Å². The monoisotopic (exact) mass is 267 g/mol. The maximum Gasteiger partial charge on any atom is 0.250 e. The Balaban J connectivity index is 1.83. The number of ether oxygens (including phenoxy) is 1. The Hall–Kier alpha value is -1.20. The van der Waals surface area contributed by atoms with Crippen LogP contribution in [-0.4, -0.2) is 43.2 Å². The van der Waals surface area contributed by atoms with Gasteiger partial charge in [-0.25, -0.2) is 9.37 Å². The van der Waals surface area contributed by atoms with E-state index in [-0.39, 0.29) is 11.7 Å². The molecule has 1 aliphatic heterocycles. The molecule has 0 aliphatic carbocycles. The first-order valence-corrected chi connectivity index (χ1v) is 6.94. The molecule has 1 N–H and O–H groups in total. The van der Waals surface area contributed by atoms with E-state index in [1.807, 2.05) is 0 Å². The highest BCUT2D eigenvalue weighted by Gasteiger charge is 2.12. The van der Waals surface area contributed by atoms with Gasteiger partial charge in [-0.05, 0) is 39.0 Å². The zero-order chi connectivity index (χ0) is 13.5. The molecular formula is C14H22FN3O. The van der Waals surface area contributed by atoms with Gasteiger partial charge in [-0.3, -0.25) is 4.90 Å². The summed E-state index contributed by atoms with van der Waals surface area (Å²) in [6, 6.07) is 1.67. The molecule has 0 saturated carbocycles. The minimum atomic E-state index is -0.351. The number of hydrogen-bond acceptors (Lipinski definition) is 4. The molecule has 19 heavy (non-hydrogen) atoms. The molecule has 1 aliphatic rings. The molecule has 1 aromatic heterocycles. The van der Waals surface area contributed by atoms with Crippen LogP contribution in [-0.2, 0) is 6.54 Å². The predicted molar refractivity (Wildman–Crippen MR) is 72.7 cm³/mol. The number of piperidine rings is 1. The number of nitrogens with zero attached hydrogens (tertiary/aromatic N) is 2. The zero-order valence-corrected chi connectivity index (χ0v) is 11.5. The molecule has 0 bridgehead atoms. The lowest BCUT2D eigenvalue weighted by atomic mass is 10.1. The van der Waals surface area contributed by atoms with Crippen LogP contribution in [0.5, 0.6) is 5.88 Å². The van der Waals surface area contributed by atoms with E-state index in [4.69, 9.17) is 4.74 Å². The molecule has 0 amide bonds. The van der Waals surface area contributed by atoms with E-state index in [9.17, 15) is 4.39 Å². The molecular weight excluding hydrogens is 245 g/mol. The summed E-state index contributed by atoms with van der Waals surface area (Å²) >= 11 is 0.